The van der Waals surface area contributed by atoms with E-state index in [1.807, 2.05) is 32.0 Å². The van der Waals surface area contributed by atoms with Crippen LogP contribution in [-0.4, -0.2) is 36.6 Å². The zero-order valence-corrected chi connectivity index (χ0v) is 15.7. The Kier molecular flexibility index (Phi) is 6.83. The molecule has 0 amide bonds. The van der Waals surface area contributed by atoms with Crippen molar-refractivity contribution in [1.29, 1.82) is 0 Å². The average Bonchev–Trinajstić information content (AvgIpc) is 2.88. The van der Waals surface area contributed by atoms with E-state index in [0.717, 1.165) is 12.0 Å². The summed E-state index contributed by atoms with van der Waals surface area (Å²) in [6.07, 6.45) is 2.60. The maximum Gasteiger partial charge on any atom is 0.343 e. The summed E-state index contributed by atoms with van der Waals surface area (Å²) in [4.78, 5) is 16.2. The highest BCUT2D eigenvalue weighted by molar-refractivity contribution is 6.22. The van der Waals surface area contributed by atoms with Crippen molar-refractivity contribution in [3.8, 4) is 11.5 Å². The zero-order valence-electron chi connectivity index (χ0n) is 15.7. The monoisotopic (exact) mass is 359 g/mol. The van der Waals surface area contributed by atoms with Crippen LogP contribution in [0, 0.1) is 0 Å². The fourth-order valence-corrected chi connectivity index (χ4v) is 2.51. The van der Waals surface area contributed by atoms with E-state index in [9.17, 15) is 9.90 Å². The highest BCUT2D eigenvalue weighted by atomic mass is 16.5. The first kappa shape index (κ1) is 19.6. The topological polar surface area (TPSA) is 77.4 Å². The highest BCUT2D eigenvalue weighted by Crippen LogP contribution is 2.31. The molecule has 0 atom stereocenters. The van der Waals surface area contributed by atoms with Crippen molar-refractivity contribution in [2.75, 3.05) is 19.8 Å². The Morgan fingerprint density at radius 1 is 1.15 bits per heavy atom. The van der Waals surface area contributed by atoms with E-state index < -0.39 is 5.97 Å². The number of aliphatic hydroxyl groups is 1. The van der Waals surface area contributed by atoms with Crippen LogP contribution in [-0.2, 0) is 9.53 Å². The number of aliphatic imine (C=N–C) groups is 1. The second kappa shape index (κ2) is 9.08. The van der Waals surface area contributed by atoms with Gasteiger partial charge in [0, 0.05) is 0 Å². The van der Waals surface area contributed by atoms with Crippen molar-refractivity contribution in [2.45, 2.75) is 34.1 Å². The Balaban J connectivity index is 2.34. The third-order valence-electron chi connectivity index (χ3n) is 3.64. The molecule has 1 aromatic carbocycles. The Hall–Kier alpha value is -2.76. The van der Waals surface area contributed by atoms with Gasteiger partial charge in [-0.05, 0) is 51.0 Å². The van der Waals surface area contributed by atoms with Gasteiger partial charge in [0.1, 0.15) is 11.3 Å². The van der Waals surface area contributed by atoms with Crippen LogP contribution in [0.25, 0.3) is 6.08 Å². The summed E-state index contributed by atoms with van der Waals surface area (Å²) in [5.41, 5.74) is 1.63. The molecule has 140 valence electrons. The van der Waals surface area contributed by atoms with Gasteiger partial charge in [-0.25, -0.2) is 9.79 Å². The first-order chi connectivity index (χ1) is 12.5. The molecule has 1 heterocycles. The van der Waals surface area contributed by atoms with E-state index in [-0.39, 0.29) is 17.9 Å². The van der Waals surface area contributed by atoms with Crippen LogP contribution in [0.2, 0.25) is 0 Å². The van der Waals surface area contributed by atoms with Gasteiger partial charge in [0.25, 0.3) is 0 Å². The lowest BCUT2D eigenvalue weighted by Crippen LogP contribution is -2.13. The van der Waals surface area contributed by atoms with Gasteiger partial charge in [-0.2, -0.15) is 0 Å². The zero-order chi connectivity index (χ0) is 19.1. The normalized spacial score (nSPS) is 15.2. The molecular formula is C20H25NO5. The molecule has 1 aliphatic heterocycles. The Bertz CT molecular complexity index is 761. The summed E-state index contributed by atoms with van der Waals surface area (Å²) >= 11 is 0. The molecule has 0 saturated heterocycles. The second-order valence-electron chi connectivity index (χ2n) is 5.66. The van der Waals surface area contributed by atoms with Gasteiger partial charge >= 0.3 is 5.97 Å². The molecule has 0 fully saturated rings. The van der Waals surface area contributed by atoms with E-state index in [0.29, 0.717) is 36.1 Å². The Morgan fingerprint density at radius 2 is 1.92 bits per heavy atom. The Labute approximate surface area is 153 Å². The minimum Gasteiger partial charge on any atom is -0.505 e. The number of aliphatic hydroxyl groups excluding tert-OH is 1. The quantitative estimate of drug-likeness (QED) is 0.708. The Morgan fingerprint density at radius 3 is 2.58 bits per heavy atom. The molecule has 0 spiro atoms. The third kappa shape index (κ3) is 4.45. The van der Waals surface area contributed by atoms with Crippen molar-refractivity contribution in [1.82, 2.24) is 0 Å². The first-order valence-electron chi connectivity index (χ1n) is 8.79. The van der Waals surface area contributed by atoms with Gasteiger partial charge < -0.3 is 19.3 Å². The largest absolute Gasteiger partial charge is 0.505 e. The molecule has 1 N–H and O–H groups in total. The van der Waals surface area contributed by atoms with E-state index in [2.05, 4.69) is 4.99 Å². The standard InChI is InChI=1S/C20H25NO5/c1-5-10-26-16-9-8-14(12-17(16)24-6-2)11-15-19(22)18(13(4)21-15)20(23)25-7-3/h8-9,11-12,22H,5-7,10H2,1-4H3/b15-11+. The van der Waals surface area contributed by atoms with Crippen LogP contribution in [0.1, 0.15) is 39.7 Å². The van der Waals surface area contributed by atoms with Crippen LogP contribution in [0.15, 0.2) is 40.2 Å². The molecule has 0 radical (unpaired) electrons. The maximum atomic E-state index is 12.0. The van der Waals surface area contributed by atoms with Crippen molar-refractivity contribution in [3.63, 3.8) is 0 Å². The van der Waals surface area contributed by atoms with Crippen molar-refractivity contribution in [3.05, 3.63) is 40.8 Å². The second-order valence-corrected chi connectivity index (χ2v) is 5.66. The van der Waals surface area contributed by atoms with Crippen LogP contribution >= 0.6 is 0 Å². The van der Waals surface area contributed by atoms with E-state index in [1.54, 1.807) is 19.9 Å². The predicted octanol–water partition coefficient (Wildman–Crippen LogP) is 4.06. The van der Waals surface area contributed by atoms with Gasteiger partial charge in [-0.15, -0.1) is 0 Å². The molecule has 0 unspecified atom stereocenters. The fourth-order valence-electron chi connectivity index (χ4n) is 2.51. The molecule has 6 heteroatoms. The molecule has 0 aliphatic carbocycles. The number of nitrogens with zero attached hydrogens (tertiary/aromatic N) is 1. The lowest BCUT2D eigenvalue weighted by atomic mass is 10.1. The van der Waals surface area contributed by atoms with Gasteiger partial charge in [-0.1, -0.05) is 13.0 Å². The fraction of sp³-hybridized carbons (Fsp3) is 0.400. The van der Waals surface area contributed by atoms with Crippen LogP contribution in [0.4, 0.5) is 0 Å². The van der Waals surface area contributed by atoms with Crippen molar-refractivity contribution in [2.24, 2.45) is 4.99 Å². The third-order valence-corrected chi connectivity index (χ3v) is 3.64. The molecular weight excluding hydrogens is 334 g/mol. The van der Waals surface area contributed by atoms with Crippen LogP contribution < -0.4 is 9.47 Å². The smallest absolute Gasteiger partial charge is 0.343 e. The van der Waals surface area contributed by atoms with E-state index >= 15 is 0 Å². The lowest BCUT2D eigenvalue weighted by Gasteiger charge is -2.12. The summed E-state index contributed by atoms with van der Waals surface area (Å²) < 4.78 is 16.3. The first-order valence-corrected chi connectivity index (χ1v) is 8.79. The van der Waals surface area contributed by atoms with E-state index in [1.165, 1.54) is 0 Å². The SMILES string of the molecule is CCCOc1ccc(/C=C2/N=C(C)C(C(=O)OCC)=C2O)cc1OCC. The summed E-state index contributed by atoms with van der Waals surface area (Å²) in [6.45, 7) is 8.67. The summed E-state index contributed by atoms with van der Waals surface area (Å²) in [5.74, 6) is 0.551. The van der Waals surface area contributed by atoms with Gasteiger partial charge in [0.2, 0.25) is 0 Å². The van der Waals surface area contributed by atoms with Gasteiger partial charge in [0.15, 0.2) is 17.3 Å². The van der Waals surface area contributed by atoms with Crippen LogP contribution in [0.5, 0.6) is 11.5 Å². The van der Waals surface area contributed by atoms with Gasteiger partial charge in [0.05, 0.1) is 25.5 Å². The number of esters is 1. The van der Waals surface area contributed by atoms with Crippen molar-refractivity contribution >= 4 is 17.8 Å². The van der Waals surface area contributed by atoms with E-state index in [4.69, 9.17) is 14.2 Å². The van der Waals surface area contributed by atoms with Crippen molar-refractivity contribution < 1.29 is 24.1 Å². The molecule has 1 aliphatic rings. The highest BCUT2D eigenvalue weighted by Gasteiger charge is 2.27. The molecule has 26 heavy (non-hydrogen) atoms. The minimum absolute atomic E-state index is 0.103. The number of rotatable bonds is 8. The number of hydrogen-bond donors (Lipinski definition) is 1. The van der Waals surface area contributed by atoms with Gasteiger partial charge in [-0.3, -0.25) is 0 Å². The average molecular weight is 359 g/mol. The summed E-state index contributed by atoms with van der Waals surface area (Å²) in [5, 5.41) is 10.4. The minimum atomic E-state index is -0.576. The number of benzene rings is 1. The summed E-state index contributed by atoms with van der Waals surface area (Å²) in [7, 11) is 0. The number of ether oxygens (including phenoxy) is 3. The summed E-state index contributed by atoms with van der Waals surface area (Å²) in [6, 6.07) is 5.49. The molecule has 0 aromatic heterocycles. The van der Waals surface area contributed by atoms with Crippen LogP contribution in [0.3, 0.4) is 0 Å². The predicted molar refractivity (Wildman–Crippen MR) is 101 cm³/mol. The number of carbonyl (C=O) groups is 1. The lowest BCUT2D eigenvalue weighted by molar-refractivity contribution is -0.138. The number of carbonyl (C=O) groups excluding carboxylic acids is 1. The maximum absolute atomic E-state index is 12.0. The molecule has 6 nitrogen and oxygen atoms in total. The molecule has 1 aromatic rings. The molecule has 0 bridgehead atoms. The molecule has 0 saturated carbocycles. The molecule has 2 rings (SSSR count). The number of hydrogen-bond acceptors (Lipinski definition) is 6.